The maximum atomic E-state index is 11.6. The lowest BCUT2D eigenvalue weighted by atomic mass is 10.2. The molecule has 0 atom stereocenters. The van der Waals surface area contributed by atoms with Gasteiger partial charge in [-0.2, -0.15) is 0 Å². The molecule has 0 aromatic heterocycles. The van der Waals surface area contributed by atoms with E-state index in [4.69, 9.17) is 4.74 Å². The molecule has 0 bridgehead atoms. The summed E-state index contributed by atoms with van der Waals surface area (Å²) in [5, 5.41) is 6.23. The van der Waals surface area contributed by atoms with Gasteiger partial charge in [0.05, 0.1) is 17.5 Å². The second kappa shape index (κ2) is 9.05. The van der Waals surface area contributed by atoms with Crippen molar-refractivity contribution in [2.45, 2.75) is 52.7 Å². The molecule has 0 unspecified atom stereocenters. The maximum absolute atomic E-state index is 11.6. The van der Waals surface area contributed by atoms with Crippen molar-refractivity contribution in [3.63, 3.8) is 0 Å². The Hall–Kier alpha value is -1.07. The Morgan fingerprint density at radius 3 is 2.57 bits per heavy atom. The molecule has 0 aliphatic heterocycles. The van der Waals surface area contributed by atoms with Gasteiger partial charge in [0.1, 0.15) is 5.75 Å². The first-order valence-corrected chi connectivity index (χ1v) is 8.12. The standard InChI is InChI=1S/C16H25BrN2O2/c1-11(2)18-10-13-6-5-7-14(17)16(13)21-9-8-15(20)19-12(3)4/h5-7,11-12,18H,8-10H2,1-4H3,(H,19,20). The highest BCUT2D eigenvalue weighted by Crippen LogP contribution is 2.29. The summed E-state index contributed by atoms with van der Waals surface area (Å²) >= 11 is 3.51. The molecule has 0 fully saturated rings. The number of hydrogen-bond acceptors (Lipinski definition) is 3. The Balaban J connectivity index is 2.58. The number of hydrogen-bond donors (Lipinski definition) is 2. The predicted octanol–water partition coefficient (Wildman–Crippen LogP) is 3.24. The fourth-order valence-corrected chi connectivity index (χ4v) is 2.33. The summed E-state index contributed by atoms with van der Waals surface area (Å²) in [6.07, 6.45) is 0.358. The number of para-hydroxylation sites is 1. The summed E-state index contributed by atoms with van der Waals surface area (Å²) in [5.74, 6) is 0.821. The molecule has 2 N–H and O–H groups in total. The molecule has 1 amide bonds. The Morgan fingerprint density at radius 2 is 1.95 bits per heavy atom. The number of ether oxygens (including phenoxy) is 1. The van der Waals surface area contributed by atoms with Crippen LogP contribution in [0.25, 0.3) is 0 Å². The molecule has 0 radical (unpaired) electrons. The minimum atomic E-state index is 0.0129. The summed E-state index contributed by atoms with van der Waals surface area (Å²) in [6, 6.07) is 6.53. The normalized spacial score (nSPS) is 11.0. The van der Waals surface area contributed by atoms with Crippen molar-refractivity contribution < 1.29 is 9.53 Å². The van der Waals surface area contributed by atoms with Gasteiger partial charge in [0.15, 0.2) is 0 Å². The van der Waals surface area contributed by atoms with E-state index in [9.17, 15) is 4.79 Å². The topological polar surface area (TPSA) is 50.4 Å². The minimum Gasteiger partial charge on any atom is -0.492 e. The highest BCUT2D eigenvalue weighted by atomic mass is 79.9. The summed E-state index contributed by atoms with van der Waals surface area (Å²) in [6.45, 7) is 9.22. The van der Waals surface area contributed by atoms with E-state index in [1.807, 2.05) is 32.0 Å². The van der Waals surface area contributed by atoms with Gasteiger partial charge in [0, 0.05) is 24.2 Å². The zero-order valence-electron chi connectivity index (χ0n) is 13.2. The first-order valence-electron chi connectivity index (χ1n) is 7.33. The van der Waals surface area contributed by atoms with Crippen LogP contribution in [0.2, 0.25) is 0 Å². The first-order chi connectivity index (χ1) is 9.90. The van der Waals surface area contributed by atoms with Gasteiger partial charge < -0.3 is 15.4 Å². The number of carbonyl (C=O) groups is 1. The molecule has 1 aromatic carbocycles. The molecule has 1 aromatic rings. The Labute approximate surface area is 135 Å². The van der Waals surface area contributed by atoms with Gasteiger partial charge in [-0.15, -0.1) is 0 Å². The molecular formula is C16H25BrN2O2. The number of rotatable bonds is 8. The van der Waals surface area contributed by atoms with Gasteiger partial charge >= 0.3 is 0 Å². The van der Waals surface area contributed by atoms with E-state index in [0.29, 0.717) is 19.1 Å². The zero-order valence-corrected chi connectivity index (χ0v) is 14.8. The highest BCUT2D eigenvalue weighted by Gasteiger charge is 2.10. The molecule has 1 rings (SSSR count). The van der Waals surface area contributed by atoms with Crippen molar-refractivity contribution >= 4 is 21.8 Å². The van der Waals surface area contributed by atoms with Crippen molar-refractivity contribution in [3.05, 3.63) is 28.2 Å². The van der Waals surface area contributed by atoms with Crippen molar-refractivity contribution in [2.24, 2.45) is 0 Å². The number of halogens is 1. The van der Waals surface area contributed by atoms with Crippen molar-refractivity contribution in [1.29, 1.82) is 0 Å². The zero-order chi connectivity index (χ0) is 15.8. The average Bonchev–Trinajstić information content (AvgIpc) is 2.37. The quantitative estimate of drug-likeness (QED) is 0.751. The van der Waals surface area contributed by atoms with Crippen LogP contribution in [-0.4, -0.2) is 24.6 Å². The molecule has 0 aliphatic carbocycles. The van der Waals surface area contributed by atoms with Gasteiger partial charge in [-0.1, -0.05) is 26.0 Å². The Morgan fingerprint density at radius 1 is 1.24 bits per heavy atom. The third kappa shape index (κ3) is 6.96. The average molecular weight is 357 g/mol. The SMILES string of the molecule is CC(C)NCc1cccc(Br)c1OCCC(=O)NC(C)C. The third-order valence-corrected chi connectivity index (χ3v) is 3.40. The van der Waals surface area contributed by atoms with E-state index >= 15 is 0 Å². The van der Waals surface area contributed by atoms with E-state index in [-0.39, 0.29) is 11.9 Å². The monoisotopic (exact) mass is 356 g/mol. The van der Waals surface area contributed by atoms with Crippen LogP contribution in [-0.2, 0) is 11.3 Å². The molecule has 21 heavy (non-hydrogen) atoms. The second-order valence-corrected chi connectivity index (χ2v) is 6.44. The van der Waals surface area contributed by atoms with E-state index in [2.05, 4.69) is 40.4 Å². The molecule has 0 saturated carbocycles. The summed E-state index contributed by atoms with van der Waals surface area (Å²) in [7, 11) is 0. The summed E-state index contributed by atoms with van der Waals surface area (Å²) < 4.78 is 6.72. The van der Waals surface area contributed by atoms with Crippen LogP contribution < -0.4 is 15.4 Å². The van der Waals surface area contributed by atoms with Gasteiger partial charge in [-0.25, -0.2) is 0 Å². The van der Waals surface area contributed by atoms with Gasteiger partial charge in [0.25, 0.3) is 0 Å². The molecule has 118 valence electrons. The van der Waals surface area contributed by atoms with E-state index < -0.39 is 0 Å². The summed E-state index contributed by atoms with van der Waals surface area (Å²) in [4.78, 5) is 11.6. The highest BCUT2D eigenvalue weighted by molar-refractivity contribution is 9.10. The van der Waals surface area contributed by atoms with Crippen LogP contribution in [0.3, 0.4) is 0 Å². The molecule has 0 saturated heterocycles. The van der Waals surface area contributed by atoms with Crippen LogP contribution in [0.1, 0.15) is 39.7 Å². The molecule has 5 heteroatoms. The van der Waals surface area contributed by atoms with E-state index in [0.717, 1.165) is 22.3 Å². The smallest absolute Gasteiger partial charge is 0.223 e. The second-order valence-electron chi connectivity index (χ2n) is 5.58. The molecule has 0 heterocycles. The van der Waals surface area contributed by atoms with Crippen molar-refractivity contribution in [2.75, 3.05) is 6.61 Å². The number of benzene rings is 1. The van der Waals surface area contributed by atoms with Crippen LogP contribution in [0.4, 0.5) is 0 Å². The molecule has 0 spiro atoms. The van der Waals surface area contributed by atoms with Crippen molar-refractivity contribution in [1.82, 2.24) is 10.6 Å². The fraction of sp³-hybridized carbons (Fsp3) is 0.562. The lowest BCUT2D eigenvalue weighted by molar-refractivity contribution is -0.122. The number of nitrogens with one attached hydrogen (secondary N) is 2. The molecule has 4 nitrogen and oxygen atoms in total. The van der Waals surface area contributed by atoms with Gasteiger partial charge in [-0.05, 0) is 35.8 Å². The van der Waals surface area contributed by atoms with E-state index in [1.54, 1.807) is 0 Å². The lowest BCUT2D eigenvalue weighted by Gasteiger charge is -2.15. The van der Waals surface area contributed by atoms with E-state index in [1.165, 1.54) is 0 Å². The molecular weight excluding hydrogens is 332 g/mol. The van der Waals surface area contributed by atoms with Crippen molar-refractivity contribution in [3.8, 4) is 5.75 Å². The fourth-order valence-electron chi connectivity index (χ4n) is 1.81. The van der Waals surface area contributed by atoms with Crippen LogP contribution >= 0.6 is 15.9 Å². The molecule has 0 aliphatic rings. The van der Waals surface area contributed by atoms with Gasteiger partial charge in [0.2, 0.25) is 5.91 Å². The van der Waals surface area contributed by atoms with Crippen LogP contribution in [0.15, 0.2) is 22.7 Å². The lowest BCUT2D eigenvalue weighted by Crippen LogP contribution is -2.31. The predicted molar refractivity (Wildman–Crippen MR) is 89.5 cm³/mol. The first kappa shape index (κ1) is 18.0. The van der Waals surface area contributed by atoms with Crippen LogP contribution in [0.5, 0.6) is 5.75 Å². The maximum Gasteiger partial charge on any atom is 0.223 e. The van der Waals surface area contributed by atoms with Gasteiger partial charge in [-0.3, -0.25) is 4.79 Å². The largest absolute Gasteiger partial charge is 0.492 e. The minimum absolute atomic E-state index is 0.0129. The summed E-state index contributed by atoms with van der Waals surface area (Å²) in [5.41, 5.74) is 1.09. The Kier molecular flexibility index (Phi) is 7.75. The Bertz CT molecular complexity index is 462. The number of carbonyl (C=O) groups excluding carboxylic acids is 1. The van der Waals surface area contributed by atoms with Crippen LogP contribution in [0, 0.1) is 0 Å². The third-order valence-electron chi connectivity index (χ3n) is 2.77. The number of amides is 1.